The molecule has 0 aliphatic carbocycles. The summed E-state index contributed by atoms with van der Waals surface area (Å²) in [6.07, 6.45) is 4.29. The molecule has 0 fully saturated rings. The lowest BCUT2D eigenvalue weighted by Gasteiger charge is -2.14. The van der Waals surface area contributed by atoms with Gasteiger partial charge in [-0.05, 0) is 56.9 Å². The molecule has 0 saturated carbocycles. The molecule has 0 aliphatic rings. The molecule has 0 spiro atoms. The zero-order valence-electron chi connectivity index (χ0n) is 20.6. The van der Waals surface area contributed by atoms with Gasteiger partial charge in [-0.15, -0.1) is 0 Å². The van der Waals surface area contributed by atoms with Gasteiger partial charge in [0.2, 0.25) is 0 Å². The van der Waals surface area contributed by atoms with Gasteiger partial charge in [-0.25, -0.2) is 4.98 Å². The average molecular weight is 490 g/mol. The Morgan fingerprint density at radius 1 is 0.676 bits per heavy atom. The van der Waals surface area contributed by atoms with E-state index in [9.17, 15) is 10.2 Å². The highest BCUT2D eigenvalue weighted by Gasteiger charge is 2.18. The van der Waals surface area contributed by atoms with E-state index in [0.717, 1.165) is 42.0 Å². The molecule has 6 rings (SSSR count). The Balaban J connectivity index is 1.52. The Kier molecular flexibility index (Phi) is 5.93. The normalized spacial score (nSPS) is 11.6. The van der Waals surface area contributed by atoms with Gasteiger partial charge < -0.3 is 14.9 Å². The second-order valence-electron chi connectivity index (χ2n) is 9.34. The molecule has 6 heteroatoms. The van der Waals surface area contributed by atoms with Gasteiger partial charge in [0.15, 0.2) is 11.6 Å². The third-order valence-electron chi connectivity index (χ3n) is 6.84. The first-order valence-corrected chi connectivity index (χ1v) is 12.7. The van der Waals surface area contributed by atoms with Crippen molar-refractivity contribution in [2.24, 2.45) is 0 Å². The molecule has 0 bridgehead atoms. The van der Waals surface area contributed by atoms with Crippen LogP contribution in [0.15, 0.2) is 72.8 Å². The second-order valence-corrected chi connectivity index (χ2v) is 9.34. The summed E-state index contributed by atoms with van der Waals surface area (Å²) in [4.78, 5) is 14.0. The first kappa shape index (κ1) is 23.0. The number of aromatic hydroxyl groups is 2. The molecule has 184 valence electrons. The van der Waals surface area contributed by atoms with E-state index in [1.807, 2.05) is 6.07 Å². The average Bonchev–Trinajstić information content (AvgIpc) is 2.91. The molecule has 0 saturated heterocycles. The van der Waals surface area contributed by atoms with E-state index in [1.54, 1.807) is 6.07 Å². The number of phenolic OH excluding ortho intramolecular Hbond substituents is 2. The van der Waals surface area contributed by atoms with Crippen LogP contribution in [0.3, 0.4) is 0 Å². The van der Waals surface area contributed by atoms with Crippen molar-refractivity contribution < 1.29 is 14.9 Å². The minimum absolute atomic E-state index is 0.0327. The summed E-state index contributed by atoms with van der Waals surface area (Å²) in [5.74, 6) is 0.617. The zero-order valence-corrected chi connectivity index (χ0v) is 20.6. The fourth-order valence-corrected chi connectivity index (χ4v) is 4.99. The van der Waals surface area contributed by atoms with E-state index in [0.29, 0.717) is 18.0 Å². The maximum atomic E-state index is 10.5. The lowest BCUT2D eigenvalue weighted by Crippen LogP contribution is -2.05. The van der Waals surface area contributed by atoms with Crippen molar-refractivity contribution in [3.63, 3.8) is 0 Å². The highest BCUT2D eigenvalue weighted by molar-refractivity contribution is 6.25. The van der Waals surface area contributed by atoms with Crippen LogP contribution < -0.4 is 4.74 Å². The van der Waals surface area contributed by atoms with E-state index in [4.69, 9.17) is 14.7 Å². The van der Waals surface area contributed by atoms with Crippen LogP contribution in [0.25, 0.3) is 55.1 Å². The number of hydrogen-bond donors (Lipinski definition) is 2. The minimum Gasteiger partial charge on any atom is -0.508 e. The van der Waals surface area contributed by atoms with Crippen molar-refractivity contribution in [1.82, 2.24) is 15.0 Å². The predicted molar refractivity (Wildman–Crippen MR) is 147 cm³/mol. The highest BCUT2D eigenvalue weighted by Crippen LogP contribution is 2.39. The van der Waals surface area contributed by atoms with E-state index >= 15 is 0 Å². The number of ether oxygens (including phenoxy) is 1. The molecule has 2 N–H and O–H groups in total. The second kappa shape index (κ2) is 9.54. The van der Waals surface area contributed by atoms with E-state index < -0.39 is 0 Å². The number of hydrogen-bond acceptors (Lipinski definition) is 6. The fourth-order valence-electron chi connectivity index (χ4n) is 4.99. The molecule has 0 amide bonds. The summed E-state index contributed by atoms with van der Waals surface area (Å²) < 4.78 is 5.97. The van der Waals surface area contributed by atoms with Crippen LogP contribution >= 0.6 is 0 Å². The van der Waals surface area contributed by atoms with Crippen molar-refractivity contribution >= 4 is 32.3 Å². The molecule has 6 aromatic rings. The summed E-state index contributed by atoms with van der Waals surface area (Å²) in [6.45, 7) is 2.68. The van der Waals surface area contributed by atoms with Gasteiger partial charge in [0.25, 0.3) is 0 Å². The van der Waals surface area contributed by atoms with Gasteiger partial charge >= 0.3 is 6.01 Å². The van der Waals surface area contributed by atoms with Crippen molar-refractivity contribution in [1.29, 1.82) is 0 Å². The van der Waals surface area contributed by atoms with Crippen LogP contribution in [-0.2, 0) is 0 Å². The van der Waals surface area contributed by atoms with Gasteiger partial charge in [-0.2, -0.15) is 9.97 Å². The Labute approximate surface area is 214 Å². The van der Waals surface area contributed by atoms with E-state index in [2.05, 4.69) is 60.4 Å². The standard InChI is InChI=1S/C31H27N3O3/c1-2-3-4-5-17-37-31-33-29(32-30(34-31)25-16-13-22(35)18-26(25)36)24-15-12-21-10-9-19-7-6-8-20-11-14-23(24)28(21)27(19)20/h6-16,18,35-36H,2-5,17H2,1H3. The first-order valence-electron chi connectivity index (χ1n) is 12.7. The summed E-state index contributed by atoms with van der Waals surface area (Å²) in [5.41, 5.74) is 1.26. The van der Waals surface area contributed by atoms with Crippen LogP contribution in [0, 0.1) is 0 Å². The molecule has 37 heavy (non-hydrogen) atoms. The summed E-state index contributed by atoms with van der Waals surface area (Å²) in [7, 11) is 0. The summed E-state index contributed by atoms with van der Waals surface area (Å²) in [6, 6.07) is 23.6. The molecule has 5 aromatic carbocycles. The molecule has 1 heterocycles. The van der Waals surface area contributed by atoms with Crippen LogP contribution in [0.1, 0.15) is 32.6 Å². The monoisotopic (exact) mass is 489 g/mol. The number of aromatic nitrogens is 3. The van der Waals surface area contributed by atoms with Crippen molar-refractivity contribution in [3.05, 3.63) is 72.8 Å². The molecule has 1 aromatic heterocycles. The highest BCUT2D eigenvalue weighted by atomic mass is 16.5. The lowest BCUT2D eigenvalue weighted by molar-refractivity contribution is 0.281. The van der Waals surface area contributed by atoms with Crippen LogP contribution in [0.2, 0.25) is 0 Å². The summed E-state index contributed by atoms with van der Waals surface area (Å²) >= 11 is 0. The number of phenols is 2. The molecule has 0 aliphatic heterocycles. The van der Waals surface area contributed by atoms with Crippen molar-refractivity contribution in [2.75, 3.05) is 6.61 Å². The van der Waals surface area contributed by atoms with Gasteiger partial charge in [-0.1, -0.05) is 74.7 Å². The molecule has 0 radical (unpaired) electrons. The van der Waals surface area contributed by atoms with E-state index in [1.165, 1.54) is 33.7 Å². The number of benzene rings is 5. The topological polar surface area (TPSA) is 88.4 Å². The first-order chi connectivity index (χ1) is 18.1. The predicted octanol–water partition coefficient (Wildman–Crippen LogP) is 7.47. The van der Waals surface area contributed by atoms with Gasteiger partial charge in [0, 0.05) is 11.6 Å². The number of nitrogens with zero attached hydrogens (tertiary/aromatic N) is 3. The third kappa shape index (κ3) is 4.25. The lowest BCUT2D eigenvalue weighted by atomic mass is 9.92. The van der Waals surface area contributed by atoms with Gasteiger partial charge in [0.1, 0.15) is 11.5 Å². The quantitative estimate of drug-likeness (QED) is 0.170. The Hall–Kier alpha value is -4.45. The van der Waals surface area contributed by atoms with Crippen molar-refractivity contribution in [2.45, 2.75) is 32.6 Å². The molecule has 0 atom stereocenters. The van der Waals surface area contributed by atoms with Crippen LogP contribution in [-0.4, -0.2) is 31.8 Å². The van der Waals surface area contributed by atoms with Crippen molar-refractivity contribution in [3.8, 4) is 40.3 Å². The number of rotatable bonds is 8. The van der Waals surface area contributed by atoms with Crippen LogP contribution in [0.5, 0.6) is 17.5 Å². The number of unbranched alkanes of at least 4 members (excludes halogenated alkanes) is 3. The maximum Gasteiger partial charge on any atom is 0.320 e. The smallest absolute Gasteiger partial charge is 0.320 e. The third-order valence-corrected chi connectivity index (χ3v) is 6.84. The van der Waals surface area contributed by atoms with Crippen LogP contribution in [0.4, 0.5) is 0 Å². The fraction of sp³-hybridized carbons (Fsp3) is 0.194. The Morgan fingerprint density at radius 3 is 2.11 bits per heavy atom. The molecular weight excluding hydrogens is 462 g/mol. The van der Waals surface area contributed by atoms with Gasteiger partial charge in [0.05, 0.1) is 12.2 Å². The SMILES string of the molecule is CCCCCCOc1nc(-c2ccc(O)cc2O)nc(-c2ccc3ccc4cccc5ccc2c3c45)n1. The molecule has 6 nitrogen and oxygen atoms in total. The largest absolute Gasteiger partial charge is 0.508 e. The molecular formula is C31H27N3O3. The molecule has 0 unspecified atom stereocenters. The maximum absolute atomic E-state index is 10.5. The summed E-state index contributed by atoms with van der Waals surface area (Å²) in [5, 5.41) is 27.3. The zero-order chi connectivity index (χ0) is 25.4. The van der Waals surface area contributed by atoms with Gasteiger partial charge in [-0.3, -0.25) is 0 Å². The van der Waals surface area contributed by atoms with E-state index in [-0.39, 0.29) is 23.3 Å². The Morgan fingerprint density at radius 2 is 1.35 bits per heavy atom. The minimum atomic E-state index is -0.110. The Bertz CT molecular complexity index is 1720.